The van der Waals surface area contributed by atoms with Gasteiger partial charge in [-0.1, -0.05) is 12.1 Å². The minimum atomic E-state index is -2.41. The molecule has 1 N–H and O–H groups in total. The Morgan fingerprint density at radius 2 is 2.21 bits per heavy atom. The van der Waals surface area contributed by atoms with Gasteiger partial charge in [0.1, 0.15) is 5.82 Å². The van der Waals surface area contributed by atoms with Crippen molar-refractivity contribution < 1.29 is 13.2 Å². The molecule has 1 aromatic rings. The molecule has 1 atom stereocenters. The van der Waals surface area contributed by atoms with Gasteiger partial charge in [-0.3, -0.25) is 4.21 Å². The van der Waals surface area contributed by atoms with E-state index in [1.54, 1.807) is 13.0 Å². The minimum Gasteiger partial charge on any atom is -0.758 e. The van der Waals surface area contributed by atoms with Gasteiger partial charge in [-0.25, -0.2) is 4.39 Å². The van der Waals surface area contributed by atoms with E-state index in [0.717, 1.165) is 4.41 Å². The van der Waals surface area contributed by atoms with Crippen LogP contribution in [0.4, 0.5) is 10.1 Å². The largest absolute Gasteiger partial charge is 0.758 e. The van der Waals surface area contributed by atoms with Crippen molar-refractivity contribution in [3.8, 4) is 0 Å². The van der Waals surface area contributed by atoms with Crippen LogP contribution in [0.1, 0.15) is 6.92 Å². The summed E-state index contributed by atoms with van der Waals surface area (Å²) in [4.78, 5) is 0. The first-order chi connectivity index (χ1) is 6.65. The van der Waals surface area contributed by atoms with Crippen molar-refractivity contribution in [3.63, 3.8) is 0 Å². The molecule has 0 saturated carbocycles. The third kappa shape index (κ3) is 2.76. The first-order valence-electron chi connectivity index (χ1n) is 4.03. The number of hydrazine groups is 1. The van der Waals surface area contributed by atoms with E-state index in [9.17, 15) is 13.2 Å². The van der Waals surface area contributed by atoms with Crippen LogP contribution in [-0.2, 0) is 11.3 Å². The van der Waals surface area contributed by atoms with E-state index in [0.29, 0.717) is 0 Å². The highest BCUT2D eigenvalue weighted by atomic mass is 32.2. The molecule has 0 bridgehead atoms. The first-order valence-corrected chi connectivity index (χ1v) is 5.06. The van der Waals surface area contributed by atoms with Crippen molar-refractivity contribution in [2.75, 3.05) is 12.0 Å². The zero-order chi connectivity index (χ0) is 10.6. The number of hydrogen-bond donors (Lipinski definition) is 1. The van der Waals surface area contributed by atoms with Gasteiger partial charge in [0.2, 0.25) is 0 Å². The highest BCUT2D eigenvalue weighted by molar-refractivity contribution is 7.76. The molecule has 14 heavy (non-hydrogen) atoms. The van der Waals surface area contributed by atoms with E-state index in [-0.39, 0.29) is 12.2 Å². The van der Waals surface area contributed by atoms with Gasteiger partial charge in [-0.2, -0.15) is 4.41 Å². The Labute approximate surface area is 84.1 Å². The monoisotopic (exact) mass is 217 g/mol. The van der Waals surface area contributed by atoms with Crippen molar-refractivity contribution in [1.82, 2.24) is 4.41 Å². The fourth-order valence-electron chi connectivity index (χ4n) is 0.908. The Hall–Kier alpha value is -0.980. The number of anilines is 1. The quantitative estimate of drug-likeness (QED) is 0.610. The van der Waals surface area contributed by atoms with Crippen LogP contribution < -0.4 is 5.43 Å². The number of halogens is 1. The maximum atomic E-state index is 13.1. The Kier molecular flexibility index (Phi) is 3.99. The molecule has 0 amide bonds. The SMILES string of the molecule is CCN(Nc1ccccc1F)S(=O)[O-]. The molecule has 78 valence electrons. The molecule has 6 heteroatoms. The summed E-state index contributed by atoms with van der Waals surface area (Å²) in [5, 5.41) is 0. The van der Waals surface area contributed by atoms with Crippen LogP contribution in [0.25, 0.3) is 0 Å². The van der Waals surface area contributed by atoms with Crippen LogP contribution in [0.3, 0.4) is 0 Å². The molecular weight excluding hydrogens is 207 g/mol. The highest BCUT2D eigenvalue weighted by Gasteiger charge is 2.05. The van der Waals surface area contributed by atoms with E-state index >= 15 is 0 Å². The summed E-state index contributed by atoms with van der Waals surface area (Å²) in [7, 11) is 0. The molecule has 0 radical (unpaired) electrons. The molecule has 0 aromatic heterocycles. The number of nitrogens with zero attached hydrogens (tertiary/aromatic N) is 1. The topological polar surface area (TPSA) is 55.4 Å². The molecule has 4 nitrogen and oxygen atoms in total. The third-order valence-electron chi connectivity index (χ3n) is 1.59. The smallest absolute Gasteiger partial charge is 0.147 e. The van der Waals surface area contributed by atoms with Crippen molar-refractivity contribution in [1.29, 1.82) is 0 Å². The fraction of sp³-hybridized carbons (Fsp3) is 0.250. The number of para-hydroxylation sites is 1. The molecule has 1 aromatic carbocycles. The average Bonchev–Trinajstić information content (AvgIpc) is 2.16. The Balaban J connectivity index is 2.77. The molecule has 0 aliphatic heterocycles. The van der Waals surface area contributed by atoms with E-state index < -0.39 is 17.1 Å². The van der Waals surface area contributed by atoms with Crippen molar-refractivity contribution in [3.05, 3.63) is 30.1 Å². The normalized spacial score (nSPS) is 12.9. The Morgan fingerprint density at radius 3 is 2.71 bits per heavy atom. The number of rotatable bonds is 4. The lowest BCUT2D eigenvalue weighted by atomic mass is 10.3. The zero-order valence-electron chi connectivity index (χ0n) is 7.57. The van der Waals surface area contributed by atoms with E-state index in [1.165, 1.54) is 18.2 Å². The predicted molar refractivity (Wildman–Crippen MR) is 51.3 cm³/mol. The molecule has 1 unspecified atom stereocenters. The number of nitrogens with one attached hydrogen (secondary N) is 1. The number of hydrogen-bond acceptors (Lipinski definition) is 3. The Morgan fingerprint density at radius 1 is 1.57 bits per heavy atom. The average molecular weight is 217 g/mol. The standard InChI is InChI=1S/C8H11FN2O2S/c1-2-11(14(12)13)10-8-6-4-3-5-7(8)9/h3-6,10H,2H2,1H3,(H,12,13)/p-1. The Bertz CT molecular complexity index is 335. The van der Waals surface area contributed by atoms with Crippen molar-refractivity contribution >= 4 is 17.0 Å². The fourth-order valence-corrected chi connectivity index (χ4v) is 1.29. The van der Waals surface area contributed by atoms with E-state index in [1.807, 2.05) is 0 Å². The van der Waals surface area contributed by atoms with Gasteiger partial charge in [-0.15, -0.1) is 0 Å². The summed E-state index contributed by atoms with van der Waals surface area (Å²) >= 11 is -2.41. The first kappa shape index (κ1) is 11.1. The van der Waals surface area contributed by atoms with Crippen LogP contribution in [0.15, 0.2) is 24.3 Å². The van der Waals surface area contributed by atoms with Gasteiger partial charge in [0.15, 0.2) is 0 Å². The van der Waals surface area contributed by atoms with Gasteiger partial charge in [0, 0.05) is 17.8 Å². The summed E-state index contributed by atoms with van der Waals surface area (Å²) in [6.45, 7) is 1.87. The van der Waals surface area contributed by atoms with Gasteiger partial charge in [-0.05, 0) is 19.1 Å². The zero-order valence-corrected chi connectivity index (χ0v) is 8.38. The van der Waals surface area contributed by atoms with Crippen LogP contribution >= 0.6 is 0 Å². The molecule has 0 aliphatic carbocycles. The molecule has 0 saturated heterocycles. The second kappa shape index (κ2) is 5.04. The molecule has 0 spiro atoms. The summed E-state index contributed by atoms with van der Waals surface area (Å²) in [6.07, 6.45) is 0. The summed E-state index contributed by atoms with van der Waals surface area (Å²) in [5.41, 5.74) is 2.58. The minimum absolute atomic E-state index is 0.138. The molecule has 0 fully saturated rings. The van der Waals surface area contributed by atoms with Gasteiger partial charge in [0.25, 0.3) is 0 Å². The molecular formula is C8H10FN2O2S-. The van der Waals surface area contributed by atoms with Crippen molar-refractivity contribution in [2.24, 2.45) is 0 Å². The van der Waals surface area contributed by atoms with Crippen molar-refractivity contribution in [2.45, 2.75) is 6.92 Å². The van der Waals surface area contributed by atoms with Gasteiger partial charge in [0.05, 0.1) is 5.69 Å². The van der Waals surface area contributed by atoms with Gasteiger partial charge < -0.3 is 9.98 Å². The van der Waals surface area contributed by atoms with Crippen LogP contribution in [0, 0.1) is 5.82 Å². The maximum Gasteiger partial charge on any atom is 0.147 e. The molecule has 1 rings (SSSR count). The lowest BCUT2D eigenvalue weighted by molar-refractivity contribution is 0.440. The second-order valence-corrected chi connectivity index (χ2v) is 3.38. The lowest BCUT2D eigenvalue weighted by Gasteiger charge is -2.24. The summed E-state index contributed by atoms with van der Waals surface area (Å²) < 4.78 is 35.1. The third-order valence-corrected chi connectivity index (χ3v) is 2.30. The van der Waals surface area contributed by atoms with E-state index in [2.05, 4.69) is 5.43 Å². The van der Waals surface area contributed by atoms with Crippen LogP contribution in [0.2, 0.25) is 0 Å². The summed E-state index contributed by atoms with van der Waals surface area (Å²) in [5.74, 6) is -0.489. The number of benzene rings is 1. The highest BCUT2D eigenvalue weighted by Crippen LogP contribution is 2.13. The predicted octanol–water partition coefficient (Wildman–Crippen LogP) is 1.27. The maximum absolute atomic E-state index is 13.1. The van der Waals surface area contributed by atoms with Gasteiger partial charge >= 0.3 is 0 Å². The van der Waals surface area contributed by atoms with Crippen LogP contribution in [-0.4, -0.2) is 19.7 Å². The molecule has 0 heterocycles. The van der Waals surface area contributed by atoms with Crippen LogP contribution in [0.5, 0.6) is 0 Å². The summed E-state index contributed by atoms with van der Waals surface area (Å²) in [6, 6.07) is 5.87. The second-order valence-electron chi connectivity index (χ2n) is 2.50. The van der Waals surface area contributed by atoms with E-state index in [4.69, 9.17) is 0 Å². The molecule has 0 aliphatic rings. The lowest BCUT2D eigenvalue weighted by Crippen LogP contribution is -2.31.